The van der Waals surface area contributed by atoms with Gasteiger partial charge in [0.1, 0.15) is 11.6 Å². The number of carbonyl (C=O) groups is 1. The van der Waals surface area contributed by atoms with Crippen LogP contribution in [0.15, 0.2) is 59.4 Å². The lowest BCUT2D eigenvalue weighted by atomic mass is 10.0. The van der Waals surface area contributed by atoms with Crippen LogP contribution in [-0.4, -0.2) is 68.8 Å². The number of hydrogen-bond acceptors (Lipinski definition) is 9. The maximum Gasteiger partial charge on any atom is 0.269 e. The quantitative estimate of drug-likeness (QED) is 0.0947. The molecule has 0 saturated carbocycles. The van der Waals surface area contributed by atoms with E-state index in [1.165, 1.54) is 30.3 Å². The molecule has 0 unspecified atom stereocenters. The van der Waals surface area contributed by atoms with Crippen LogP contribution < -0.4 is 15.8 Å². The third-order valence-electron chi connectivity index (χ3n) is 7.20. The Balaban J connectivity index is 1.52. The van der Waals surface area contributed by atoms with Gasteiger partial charge in [-0.2, -0.15) is 0 Å². The lowest BCUT2D eigenvalue weighted by molar-refractivity contribution is -0.384. The number of aromatic amines is 1. The van der Waals surface area contributed by atoms with Crippen LogP contribution in [0.25, 0.3) is 10.9 Å². The standard InChI is InChI=1S/C32H33FN6O6/c1-3-9-38(24-7-8-26(28(33)17-24)31(42)34-18-22-5-4-6-25(15-22)39(44)45)19-23-16-27-29(14-21(23)2)35-30(36-32(27)43)20-37(10-12-40)11-13-41/h1,4-8,14-17,40-41H,9-13,18-20H2,2H3,(H,34,42)(H,35,36,43). The number of nitro benzene ring substituents is 1. The smallest absolute Gasteiger partial charge is 0.269 e. The Morgan fingerprint density at radius 1 is 1.13 bits per heavy atom. The molecule has 0 saturated heterocycles. The predicted molar refractivity (Wildman–Crippen MR) is 167 cm³/mol. The first kappa shape index (κ1) is 32.7. The number of hydrogen-bond donors (Lipinski definition) is 4. The molecule has 45 heavy (non-hydrogen) atoms. The van der Waals surface area contributed by atoms with E-state index in [-0.39, 0.29) is 56.2 Å². The van der Waals surface area contributed by atoms with E-state index in [1.54, 1.807) is 34.1 Å². The summed E-state index contributed by atoms with van der Waals surface area (Å²) in [6.45, 7) is 2.89. The van der Waals surface area contributed by atoms with E-state index in [0.717, 1.165) is 11.1 Å². The topological polar surface area (TPSA) is 165 Å². The number of aromatic nitrogens is 2. The highest BCUT2D eigenvalue weighted by atomic mass is 19.1. The average molecular weight is 617 g/mol. The molecular formula is C32H33FN6O6. The third kappa shape index (κ3) is 8.27. The van der Waals surface area contributed by atoms with Crippen LogP contribution in [-0.2, 0) is 19.6 Å². The van der Waals surface area contributed by atoms with Crippen LogP contribution in [0.5, 0.6) is 0 Å². The number of halogens is 1. The lowest BCUT2D eigenvalue weighted by Crippen LogP contribution is -2.31. The number of nitrogens with one attached hydrogen (secondary N) is 2. The van der Waals surface area contributed by atoms with E-state index in [1.807, 2.05) is 6.92 Å². The number of nitrogens with zero attached hydrogens (tertiary/aromatic N) is 4. The van der Waals surface area contributed by atoms with Gasteiger partial charge in [0.15, 0.2) is 0 Å². The van der Waals surface area contributed by atoms with Crippen molar-refractivity contribution in [2.24, 2.45) is 0 Å². The number of carbonyl (C=O) groups excluding carboxylic acids is 1. The average Bonchev–Trinajstić information content (AvgIpc) is 3.00. The van der Waals surface area contributed by atoms with Crippen molar-refractivity contribution in [2.75, 3.05) is 37.7 Å². The molecule has 3 aromatic carbocycles. The molecule has 0 spiro atoms. The van der Waals surface area contributed by atoms with Crippen LogP contribution >= 0.6 is 0 Å². The summed E-state index contributed by atoms with van der Waals surface area (Å²) in [4.78, 5) is 47.0. The molecule has 4 aromatic rings. The Kier molecular flexibility index (Phi) is 10.9. The minimum absolute atomic E-state index is 0.0226. The zero-order valence-electron chi connectivity index (χ0n) is 24.6. The Morgan fingerprint density at radius 3 is 2.56 bits per heavy atom. The number of amides is 1. The second kappa shape index (κ2) is 15.0. The summed E-state index contributed by atoms with van der Waals surface area (Å²) >= 11 is 0. The summed E-state index contributed by atoms with van der Waals surface area (Å²) in [5, 5.41) is 32.5. The van der Waals surface area contributed by atoms with E-state index >= 15 is 4.39 Å². The molecule has 1 heterocycles. The molecule has 0 aliphatic heterocycles. The van der Waals surface area contributed by atoms with Crippen LogP contribution in [0.3, 0.4) is 0 Å². The summed E-state index contributed by atoms with van der Waals surface area (Å²) in [6.07, 6.45) is 5.62. The van der Waals surface area contributed by atoms with E-state index in [9.17, 15) is 29.9 Å². The first-order chi connectivity index (χ1) is 21.6. The number of anilines is 1. The second-order valence-electron chi connectivity index (χ2n) is 10.4. The normalized spacial score (nSPS) is 11.0. The van der Waals surface area contributed by atoms with E-state index < -0.39 is 16.6 Å². The number of nitro groups is 1. The minimum Gasteiger partial charge on any atom is -0.395 e. The molecule has 0 radical (unpaired) electrons. The number of fused-ring (bicyclic) bond motifs is 1. The molecule has 1 amide bonds. The predicted octanol–water partition coefficient (Wildman–Crippen LogP) is 2.64. The molecule has 234 valence electrons. The Labute approximate surface area is 258 Å². The molecule has 0 bridgehead atoms. The van der Waals surface area contributed by atoms with Crippen LogP contribution in [0.4, 0.5) is 15.8 Å². The fraction of sp³-hybridized carbons (Fsp3) is 0.281. The molecule has 4 N–H and O–H groups in total. The van der Waals surface area contributed by atoms with Gasteiger partial charge in [0.2, 0.25) is 0 Å². The molecule has 0 aliphatic carbocycles. The minimum atomic E-state index is -0.772. The number of rotatable bonds is 14. The molecule has 13 heteroatoms. The van der Waals surface area contributed by atoms with Gasteiger partial charge in [-0.3, -0.25) is 24.6 Å². The van der Waals surface area contributed by atoms with Crippen LogP contribution in [0.2, 0.25) is 0 Å². The van der Waals surface area contributed by atoms with Crippen molar-refractivity contribution in [2.45, 2.75) is 26.6 Å². The van der Waals surface area contributed by atoms with E-state index in [0.29, 0.717) is 41.1 Å². The summed E-state index contributed by atoms with van der Waals surface area (Å²) in [5.41, 5.74) is 2.34. The van der Waals surface area contributed by atoms with Gasteiger partial charge in [0, 0.05) is 44.0 Å². The SMILES string of the molecule is C#CCN(Cc1cc2c(=O)[nH]c(CN(CCO)CCO)nc2cc1C)c1ccc(C(=O)NCc2cccc([N+](=O)[O-])c2)c(F)c1. The van der Waals surface area contributed by atoms with E-state index in [2.05, 4.69) is 21.2 Å². The molecule has 4 rings (SSSR count). The van der Waals surface area contributed by atoms with Gasteiger partial charge in [-0.15, -0.1) is 6.42 Å². The number of non-ortho nitro benzene ring substituents is 1. The largest absolute Gasteiger partial charge is 0.395 e. The highest BCUT2D eigenvalue weighted by molar-refractivity contribution is 5.94. The zero-order chi connectivity index (χ0) is 32.5. The van der Waals surface area contributed by atoms with E-state index in [4.69, 9.17) is 6.42 Å². The van der Waals surface area contributed by atoms with Crippen molar-refractivity contribution >= 4 is 28.2 Å². The van der Waals surface area contributed by atoms with Gasteiger partial charge in [-0.05, 0) is 53.9 Å². The number of terminal acetylenes is 1. The highest BCUT2D eigenvalue weighted by Crippen LogP contribution is 2.24. The number of benzene rings is 3. The Morgan fingerprint density at radius 2 is 1.89 bits per heavy atom. The summed E-state index contributed by atoms with van der Waals surface area (Å²) < 4.78 is 15.2. The Hall–Kier alpha value is -5.16. The highest BCUT2D eigenvalue weighted by Gasteiger charge is 2.17. The van der Waals surface area contributed by atoms with Crippen molar-refractivity contribution in [3.8, 4) is 12.3 Å². The maximum absolute atomic E-state index is 15.2. The number of aryl methyl sites for hydroxylation is 1. The van der Waals surface area contributed by atoms with Gasteiger partial charge in [-0.1, -0.05) is 18.1 Å². The van der Waals surface area contributed by atoms with Gasteiger partial charge in [0.05, 0.1) is 47.7 Å². The summed E-state index contributed by atoms with van der Waals surface area (Å²) in [7, 11) is 0. The van der Waals surface area contributed by atoms with Crippen molar-refractivity contribution in [1.29, 1.82) is 0 Å². The zero-order valence-corrected chi connectivity index (χ0v) is 24.6. The summed E-state index contributed by atoms with van der Waals surface area (Å²) in [5.74, 6) is 1.52. The van der Waals surface area contributed by atoms with Gasteiger partial charge in [-0.25, -0.2) is 9.37 Å². The second-order valence-corrected chi connectivity index (χ2v) is 10.4. The van der Waals surface area contributed by atoms with Crippen molar-refractivity contribution in [3.05, 3.63) is 109 Å². The van der Waals surface area contributed by atoms with Crippen molar-refractivity contribution < 1.29 is 24.3 Å². The van der Waals surface area contributed by atoms with Crippen molar-refractivity contribution in [3.63, 3.8) is 0 Å². The first-order valence-electron chi connectivity index (χ1n) is 14.1. The molecule has 0 aliphatic rings. The number of H-pyrrole nitrogens is 1. The first-order valence-corrected chi connectivity index (χ1v) is 14.1. The monoisotopic (exact) mass is 616 g/mol. The third-order valence-corrected chi connectivity index (χ3v) is 7.20. The Bertz CT molecular complexity index is 1800. The van der Waals surface area contributed by atoms with Crippen LogP contribution in [0.1, 0.15) is 32.9 Å². The van der Waals surface area contributed by atoms with Gasteiger partial charge in [0.25, 0.3) is 17.2 Å². The summed E-state index contributed by atoms with van der Waals surface area (Å²) in [6, 6.07) is 13.4. The van der Waals surface area contributed by atoms with Gasteiger partial charge >= 0.3 is 0 Å². The molecule has 12 nitrogen and oxygen atoms in total. The molecule has 0 fully saturated rings. The number of aliphatic hydroxyl groups excluding tert-OH is 2. The fourth-order valence-corrected chi connectivity index (χ4v) is 4.89. The molecule has 0 atom stereocenters. The lowest BCUT2D eigenvalue weighted by Gasteiger charge is -2.24. The van der Waals surface area contributed by atoms with Gasteiger partial charge < -0.3 is 25.4 Å². The molecule has 1 aromatic heterocycles. The van der Waals surface area contributed by atoms with Crippen molar-refractivity contribution in [1.82, 2.24) is 20.2 Å². The van der Waals surface area contributed by atoms with Crippen LogP contribution in [0, 0.1) is 35.2 Å². The maximum atomic E-state index is 15.2. The molecular weight excluding hydrogens is 583 g/mol. The fourth-order valence-electron chi connectivity index (χ4n) is 4.89. The number of aliphatic hydroxyl groups is 2.